The van der Waals surface area contributed by atoms with E-state index in [0.29, 0.717) is 12.1 Å². The van der Waals surface area contributed by atoms with Crippen molar-refractivity contribution >= 4 is 27.3 Å². The van der Waals surface area contributed by atoms with E-state index in [1.807, 2.05) is 26.0 Å². The number of amides is 1. The Labute approximate surface area is 158 Å². The van der Waals surface area contributed by atoms with Gasteiger partial charge in [-0.1, -0.05) is 23.7 Å². The Hall–Kier alpha value is -2.36. The van der Waals surface area contributed by atoms with E-state index in [1.165, 1.54) is 18.2 Å². The summed E-state index contributed by atoms with van der Waals surface area (Å²) in [4.78, 5) is 14.5. The molecule has 26 heavy (non-hydrogen) atoms. The number of nitrogens with zero attached hydrogens (tertiary/aromatic N) is 2. The lowest BCUT2D eigenvalue weighted by Gasteiger charge is -2.28. The molecule has 1 amide bonds. The molecule has 1 unspecified atom stereocenters. The van der Waals surface area contributed by atoms with Gasteiger partial charge in [0.25, 0.3) is 5.91 Å². The van der Waals surface area contributed by atoms with E-state index in [4.69, 9.17) is 16.9 Å². The lowest BCUT2D eigenvalue weighted by Crippen LogP contribution is -2.33. The molecule has 7 heteroatoms. The summed E-state index contributed by atoms with van der Waals surface area (Å²) in [7, 11) is -3.54. The lowest BCUT2D eigenvalue weighted by molar-refractivity contribution is 0.0702. The normalized spacial score (nSPS) is 12.3. The number of hydrogen-bond acceptors (Lipinski definition) is 4. The van der Waals surface area contributed by atoms with Crippen molar-refractivity contribution in [3.8, 4) is 6.07 Å². The van der Waals surface area contributed by atoms with E-state index in [2.05, 4.69) is 6.07 Å². The van der Waals surface area contributed by atoms with Gasteiger partial charge < -0.3 is 4.90 Å². The fourth-order valence-electron chi connectivity index (χ4n) is 2.70. The average Bonchev–Trinajstić information content (AvgIpc) is 2.61. The second kappa shape index (κ2) is 7.90. The molecule has 2 rings (SSSR count). The molecule has 0 aliphatic carbocycles. The summed E-state index contributed by atoms with van der Waals surface area (Å²) >= 11 is 5.96. The molecule has 0 N–H and O–H groups in total. The number of hydrogen-bond donors (Lipinski definition) is 0. The van der Waals surface area contributed by atoms with Gasteiger partial charge in [0.2, 0.25) is 0 Å². The number of carbonyl (C=O) groups excluding carboxylic acids is 1. The zero-order chi connectivity index (χ0) is 19.5. The molecule has 0 fully saturated rings. The molecular weight excluding hydrogens is 372 g/mol. The van der Waals surface area contributed by atoms with Crippen LogP contribution in [0, 0.1) is 11.3 Å². The van der Waals surface area contributed by atoms with Crippen LogP contribution in [0.3, 0.4) is 0 Å². The summed E-state index contributed by atoms with van der Waals surface area (Å²) in [5.41, 5.74) is 1.69. The zero-order valence-electron chi connectivity index (χ0n) is 14.7. The third-order valence-corrected chi connectivity index (χ3v) is 5.75. The Bertz CT molecular complexity index is 963. The van der Waals surface area contributed by atoms with Crippen LogP contribution in [0.2, 0.25) is 5.02 Å². The van der Waals surface area contributed by atoms with E-state index in [1.54, 1.807) is 17.0 Å². The molecule has 1 atom stereocenters. The predicted octanol–water partition coefficient (Wildman–Crippen LogP) is 3.84. The molecule has 2 aromatic rings. The van der Waals surface area contributed by atoms with Crippen LogP contribution in [0.4, 0.5) is 0 Å². The summed E-state index contributed by atoms with van der Waals surface area (Å²) < 4.78 is 23.7. The Balaban J connectivity index is 2.38. The summed E-state index contributed by atoms with van der Waals surface area (Å²) in [5.74, 6) is -0.286. The standard InChI is InChI=1S/C19H19ClN2O3S/c1-4-22(13(2)15-7-5-14(12-21)6-8-15)19(23)16-9-10-17(20)18(11-16)26(3,24)25/h5-11,13H,4H2,1-3H3. The molecule has 0 aromatic heterocycles. The quantitative estimate of drug-likeness (QED) is 0.777. The van der Waals surface area contributed by atoms with Crippen LogP contribution in [0.1, 0.15) is 41.4 Å². The highest BCUT2D eigenvalue weighted by Gasteiger charge is 2.23. The van der Waals surface area contributed by atoms with E-state index < -0.39 is 9.84 Å². The smallest absolute Gasteiger partial charge is 0.254 e. The number of benzene rings is 2. The molecule has 136 valence electrons. The molecule has 0 radical (unpaired) electrons. The fourth-order valence-corrected chi connectivity index (χ4v) is 4.00. The highest BCUT2D eigenvalue weighted by molar-refractivity contribution is 7.90. The van der Waals surface area contributed by atoms with Crippen LogP contribution in [0.15, 0.2) is 47.4 Å². The summed E-state index contributed by atoms with van der Waals surface area (Å²) in [6.07, 6.45) is 1.05. The molecule has 0 aliphatic heterocycles. The Morgan fingerprint density at radius 1 is 1.23 bits per heavy atom. The highest BCUT2D eigenvalue weighted by atomic mass is 35.5. The van der Waals surface area contributed by atoms with Crippen molar-refractivity contribution in [3.05, 3.63) is 64.2 Å². The number of halogens is 1. The minimum absolute atomic E-state index is 0.0629. The van der Waals surface area contributed by atoms with Crippen LogP contribution in [-0.4, -0.2) is 32.0 Å². The summed E-state index contributed by atoms with van der Waals surface area (Å²) in [6, 6.07) is 13.1. The van der Waals surface area contributed by atoms with Crippen LogP contribution in [-0.2, 0) is 9.84 Å². The van der Waals surface area contributed by atoms with E-state index in [-0.39, 0.29) is 27.4 Å². The molecule has 0 spiro atoms. The first kappa shape index (κ1) is 20.0. The third kappa shape index (κ3) is 4.24. The van der Waals surface area contributed by atoms with Gasteiger partial charge in [-0.3, -0.25) is 4.79 Å². The Morgan fingerprint density at radius 3 is 2.35 bits per heavy atom. The largest absolute Gasteiger partial charge is 0.332 e. The Morgan fingerprint density at radius 2 is 1.85 bits per heavy atom. The maximum Gasteiger partial charge on any atom is 0.254 e. The predicted molar refractivity (Wildman–Crippen MR) is 101 cm³/mol. The summed E-state index contributed by atoms with van der Waals surface area (Å²) in [6.45, 7) is 4.18. The third-order valence-electron chi connectivity index (χ3n) is 4.17. The van der Waals surface area contributed by atoms with Crippen molar-refractivity contribution in [2.24, 2.45) is 0 Å². The second-order valence-electron chi connectivity index (χ2n) is 5.92. The van der Waals surface area contributed by atoms with Crippen molar-refractivity contribution in [1.29, 1.82) is 5.26 Å². The van der Waals surface area contributed by atoms with Gasteiger partial charge in [-0.25, -0.2) is 8.42 Å². The van der Waals surface area contributed by atoms with Gasteiger partial charge in [0.1, 0.15) is 0 Å². The number of carbonyl (C=O) groups is 1. The lowest BCUT2D eigenvalue weighted by atomic mass is 10.0. The SMILES string of the molecule is CCN(C(=O)c1ccc(Cl)c(S(C)(=O)=O)c1)C(C)c1ccc(C#N)cc1. The van der Waals surface area contributed by atoms with Gasteiger partial charge in [-0.15, -0.1) is 0 Å². The molecular formula is C19H19ClN2O3S. The van der Waals surface area contributed by atoms with Crippen molar-refractivity contribution in [3.63, 3.8) is 0 Å². The molecule has 0 saturated heterocycles. The molecule has 5 nitrogen and oxygen atoms in total. The molecule has 2 aromatic carbocycles. The number of rotatable bonds is 5. The second-order valence-corrected chi connectivity index (χ2v) is 8.31. The Kier molecular flexibility index (Phi) is 6.06. The fraction of sp³-hybridized carbons (Fsp3) is 0.263. The van der Waals surface area contributed by atoms with Crippen molar-refractivity contribution in [1.82, 2.24) is 4.90 Å². The highest BCUT2D eigenvalue weighted by Crippen LogP contribution is 2.26. The van der Waals surface area contributed by atoms with Gasteiger partial charge in [0.05, 0.1) is 27.6 Å². The summed E-state index contributed by atoms with van der Waals surface area (Å²) in [5, 5.41) is 8.99. The van der Waals surface area contributed by atoms with Crippen molar-refractivity contribution in [2.75, 3.05) is 12.8 Å². The maximum absolute atomic E-state index is 12.9. The minimum atomic E-state index is -3.54. The molecule has 0 heterocycles. The van der Waals surface area contributed by atoms with Gasteiger partial charge in [-0.05, 0) is 49.7 Å². The van der Waals surface area contributed by atoms with Gasteiger partial charge in [0.15, 0.2) is 9.84 Å². The van der Waals surface area contributed by atoms with Crippen LogP contribution >= 0.6 is 11.6 Å². The zero-order valence-corrected chi connectivity index (χ0v) is 16.3. The topological polar surface area (TPSA) is 78.2 Å². The first-order chi connectivity index (χ1) is 12.2. The van der Waals surface area contributed by atoms with Crippen molar-refractivity contribution in [2.45, 2.75) is 24.8 Å². The number of sulfone groups is 1. The first-order valence-corrected chi connectivity index (χ1v) is 10.3. The van der Waals surface area contributed by atoms with E-state index >= 15 is 0 Å². The van der Waals surface area contributed by atoms with Gasteiger partial charge in [-0.2, -0.15) is 5.26 Å². The van der Waals surface area contributed by atoms with Gasteiger partial charge >= 0.3 is 0 Å². The van der Waals surface area contributed by atoms with Gasteiger partial charge in [0, 0.05) is 18.4 Å². The van der Waals surface area contributed by atoms with E-state index in [0.717, 1.165) is 11.8 Å². The molecule has 0 saturated carbocycles. The molecule has 0 bridgehead atoms. The van der Waals surface area contributed by atoms with Crippen LogP contribution in [0.25, 0.3) is 0 Å². The number of nitriles is 1. The minimum Gasteiger partial charge on any atom is -0.332 e. The molecule has 0 aliphatic rings. The van der Waals surface area contributed by atoms with Crippen molar-refractivity contribution < 1.29 is 13.2 Å². The first-order valence-electron chi connectivity index (χ1n) is 7.99. The monoisotopic (exact) mass is 390 g/mol. The van der Waals surface area contributed by atoms with E-state index in [9.17, 15) is 13.2 Å². The van der Waals surface area contributed by atoms with Crippen LogP contribution in [0.5, 0.6) is 0 Å². The maximum atomic E-state index is 12.9. The average molecular weight is 391 g/mol. The van der Waals surface area contributed by atoms with Crippen LogP contribution < -0.4 is 0 Å².